The first kappa shape index (κ1) is 10.2. The monoisotopic (exact) mass is 236 g/mol. The summed E-state index contributed by atoms with van der Waals surface area (Å²) in [6.07, 6.45) is 2.41. The van der Waals surface area contributed by atoms with Gasteiger partial charge in [-0.1, -0.05) is 18.5 Å². The summed E-state index contributed by atoms with van der Waals surface area (Å²) >= 11 is 6.21. The summed E-state index contributed by atoms with van der Waals surface area (Å²) in [6, 6.07) is 1.90. The number of fused-ring (bicyclic) bond motifs is 3. The summed E-state index contributed by atoms with van der Waals surface area (Å²) in [5, 5.41) is 0.607. The zero-order valence-electron chi connectivity index (χ0n) is 9.18. The molecule has 2 aliphatic rings. The third-order valence-electron chi connectivity index (χ3n) is 3.54. The van der Waals surface area contributed by atoms with Gasteiger partial charge in [0.1, 0.15) is 5.75 Å². The number of carbonyl (C=O) groups excluding carboxylic acids is 1. The maximum atomic E-state index is 11.9. The van der Waals surface area contributed by atoms with Crippen LogP contribution in [0.15, 0.2) is 6.07 Å². The van der Waals surface area contributed by atoms with E-state index in [9.17, 15) is 4.79 Å². The van der Waals surface area contributed by atoms with Crippen LogP contribution < -0.4 is 4.74 Å². The lowest BCUT2D eigenvalue weighted by Crippen LogP contribution is -2.15. The third kappa shape index (κ3) is 1.29. The Hall–Kier alpha value is -1.02. The van der Waals surface area contributed by atoms with Crippen molar-refractivity contribution in [3.63, 3.8) is 0 Å². The van der Waals surface area contributed by atoms with Gasteiger partial charge in [-0.05, 0) is 24.0 Å². The Labute approximate surface area is 99.6 Å². The van der Waals surface area contributed by atoms with Gasteiger partial charge in [-0.2, -0.15) is 0 Å². The van der Waals surface area contributed by atoms with Gasteiger partial charge < -0.3 is 4.74 Å². The Bertz CT molecular complexity index is 479. The smallest absolute Gasteiger partial charge is 0.164 e. The fourth-order valence-electron chi connectivity index (χ4n) is 2.70. The molecule has 1 unspecified atom stereocenters. The first-order valence-electron chi connectivity index (χ1n) is 5.69. The topological polar surface area (TPSA) is 26.3 Å². The van der Waals surface area contributed by atoms with Crippen LogP contribution in [0.25, 0.3) is 0 Å². The molecule has 84 valence electrons. The lowest BCUT2D eigenvalue weighted by molar-refractivity contribution is 0.0967. The molecule has 1 atom stereocenters. The summed E-state index contributed by atoms with van der Waals surface area (Å²) in [5.41, 5.74) is 2.92. The van der Waals surface area contributed by atoms with E-state index in [1.807, 2.05) is 6.07 Å². The van der Waals surface area contributed by atoms with E-state index < -0.39 is 0 Å². The van der Waals surface area contributed by atoms with Crippen molar-refractivity contribution in [2.75, 3.05) is 6.61 Å². The molecular weight excluding hydrogens is 224 g/mol. The Morgan fingerprint density at radius 3 is 3.06 bits per heavy atom. The Morgan fingerprint density at radius 2 is 2.25 bits per heavy atom. The molecule has 0 saturated heterocycles. The van der Waals surface area contributed by atoms with Crippen molar-refractivity contribution in [2.45, 2.75) is 32.1 Å². The van der Waals surface area contributed by atoms with E-state index in [4.69, 9.17) is 16.3 Å². The second kappa shape index (κ2) is 3.49. The van der Waals surface area contributed by atoms with Gasteiger partial charge in [-0.15, -0.1) is 0 Å². The average molecular weight is 237 g/mol. The highest BCUT2D eigenvalue weighted by Crippen LogP contribution is 2.44. The van der Waals surface area contributed by atoms with Gasteiger partial charge in [-0.25, -0.2) is 0 Å². The SMILES string of the molecule is CC1CCC(=O)c2c(Cl)cc3c(c21)OCC3. The molecule has 3 heteroatoms. The summed E-state index contributed by atoms with van der Waals surface area (Å²) in [4.78, 5) is 11.9. The number of hydrogen-bond acceptors (Lipinski definition) is 2. The fourth-order valence-corrected chi connectivity index (χ4v) is 3.03. The highest BCUT2D eigenvalue weighted by Gasteiger charge is 2.31. The van der Waals surface area contributed by atoms with E-state index in [2.05, 4.69) is 6.92 Å². The van der Waals surface area contributed by atoms with E-state index in [-0.39, 0.29) is 5.78 Å². The third-order valence-corrected chi connectivity index (χ3v) is 3.84. The Balaban J connectivity index is 2.31. The van der Waals surface area contributed by atoms with Crippen LogP contribution in [0, 0.1) is 0 Å². The van der Waals surface area contributed by atoms with Crippen LogP contribution in [0.1, 0.15) is 47.2 Å². The van der Waals surface area contributed by atoms with E-state index in [1.165, 1.54) is 0 Å². The molecule has 0 fully saturated rings. The van der Waals surface area contributed by atoms with E-state index in [1.54, 1.807) is 0 Å². The number of ketones is 1. The summed E-state index contributed by atoms with van der Waals surface area (Å²) in [6.45, 7) is 2.85. The molecule has 0 spiro atoms. The first-order valence-corrected chi connectivity index (χ1v) is 6.07. The van der Waals surface area contributed by atoms with Gasteiger partial charge in [0.05, 0.1) is 11.6 Å². The standard InChI is InChI=1S/C13H13ClO2/c1-7-2-3-10(15)12-9(14)6-8-4-5-16-13(8)11(7)12/h6-7H,2-5H2,1H3. The highest BCUT2D eigenvalue weighted by atomic mass is 35.5. The van der Waals surface area contributed by atoms with Crippen LogP contribution in [0.2, 0.25) is 5.02 Å². The molecule has 0 saturated carbocycles. The molecule has 1 aliphatic heterocycles. The minimum absolute atomic E-state index is 0.163. The van der Waals surface area contributed by atoms with Gasteiger partial charge >= 0.3 is 0 Å². The lowest BCUT2D eigenvalue weighted by atomic mass is 9.81. The van der Waals surface area contributed by atoms with Gasteiger partial charge in [0.25, 0.3) is 0 Å². The van der Waals surface area contributed by atoms with Crippen LogP contribution in [0.3, 0.4) is 0 Å². The molecule has 3 rings (SSSR count). The second-order valence-corrected chi connectivity index (χ2v) is 5.00. The maximum Gasteiger partial charge on any atom is 0.164 e. The first-order chi connectivity index (χ1) is 7.68. The second-order valence-electron chi connectivity index (χ2n) is 4.60. The molecule has 0 bridgehead atoms. The molecule has 0 radical (unpaired) electrons. The Kier molecular flexibility index (Phi) is 2.21. The van der Waals surface area contributed by atoms with Crippen molar-refractivity contribution >= 4 is 17.4 Å². The molecule has 2 nitrogen and oxygen atoms in total. The van der Waals surface area contributed by atoms with Crippen molar-refractivity contribution in [3.8, 4) is 5.75 Å². The van der Waals surface area contributed by atoms with E-state index >= 15 is 0 Å². The molecule has 0 amide bonds. The number of rotatable bonds is 0. The number of Topliss-reactive ketones (excluding diaryl/α,β-unsaturated/α-hetero) is 1. The van der Waals surface area contributed by atoms with Crippen LogP contribution in [0.5, 0.6) is 5.75 Å². The number of carbonyl (C=O) groups is 1. The number of hydrogen-bond donors (Lipinski definition) is 0. The van der Waals surface area contributed by atoms with Crippen molar-refractivity contribution in [1.29, 1.82) is 0 Å². The average Bonchev–Trinajstić information content (AvgIpc) is 2.70. The minimum Gasteiger partial charge on any atom is -0.493 e. The summed E-state index contributed by atoms with van der Waals surface area (Å²) in [7, 11) is 0. The molecule has 1 heterocycles. The number of ether oxygens (including phenoxy) is 1. The lowest BCUT2D eigenvalue weighted by Gasteiger charge is -2.24. The fraction of sp³-hybridized carbons (Fsp3) is 0.462. The molecule has 0 N–H and O–H groups in total. The van der Waals surface area contributed by atoms with Crippen LogP contribution in [0.4, 0.5) is 0 Å². The van der Waals surface area contributed by atoms with Crippen LogP contribution >= 0.6 is 11.6 Å². The molecule has 0 aromatic heterocycles. The Morgan fingerprint density at radius 1 is 1.44 bits per heavy atom. The van der Waals surface area contributed by atoms with Crippen LogP contribution in [-0.2, 0) is 6.42 Å². The normalized spacial score (nSPS) is 22.6. The van der Waals surface area contributed by atoms with Crippen molar-refractivity contribution in [2.24, 2.45) is 0 Å². The van der Waals surface area contributed by atoms with Gasteiger partial charge in [0.2, 0.25) is 0 Å². The van der Waals surface area contributed by atoms with Gasteiger partial charge in [0.15, 0.2) is 5.78 Å². The summed E-state index contributed by atoms with van der Waals surface area (Å²) in [5.74, 6) is 1.47. The number of halogens is 1. The molecule has 16 heavy (non-hydrogen) atoms. The van der Waals surface area contributed by atoms with Gasteiger partial charge in [0, 0.05) is 24.0 Å². The predicted molar refractivity (Wildman–Crippen MR) is 62.6 cm³/mol. The number of benzene rings is 1. The zero-order valence-corrected chi connectivity index (χ0v) is 9.93. The maximum absolute atomic E-state index is 11.9. The van der Waals surface area contributed by atoms with Gasteiger partial charge in [-0.3, -0.25) is 4.79 Å². The van der Waals surface area contributed by atoms with Crippen molar-refractivity contribution in [3.05, 3.63) is 27.8 Å². The van der Waals surface area contributed by atoms with E-state index in [0.717, 1.165) is 29.7 Å². The quantitative estimate of drug-likeness (QED) is 0.691. The minimum atomic E-state index is 0.163. The molecule has 1 aromatic rings. The zero-order chi connectivity index (χ0) is 11.3. The predicted octanol–water partition coefficient (Wildman–Crippen LogP) is 3.35. The van der Waals surface area contributed by atoms with Crippen molar-refractivity contribution < 1.29 is 9.53 Å². The largest absolute Gasteiger partial charge is 0.493 e. The van der Waals surface area contributed by atoms with Crippen molar-refractivity contribution in [1.82, 2.24) is 0 Å². The van der Waals surface area contributed by atoms with Crippen LogP contribution in [-0.4, -0.2) is 12.4 Å². The van der Waals surface area contributed by atoms with E-state index in [0.29, 0.717) is 29.5 Å². The highest BCUT2D eigenvalue weighted by molar-refractivity contribution is 6.34. The molecule has 1 aromatic carbocycles. The molecular formula is C13H13ClO2. The molecule has 1 aliphatic carbocycles. The summed E-state index contributed by atoms with van der Waals surface area (Å²) < 4.78 is 5.66.